The number of hydrogen-bond acceptors (Lipinski definition) is 4. The number of sulfonamides is 1. The third kappa shape index (κ3) is 6.10. The van der Waals surface area contributed by atoms with Crippen LogP contribution in [0.5, 0.6) is 5.75 Å². The van der Waals surface area contributed by atoms with Crippen molar-refractivity contribution in [2.75, 3.05) is 16.6 Å². The molecule has 0 bridgehead atoms. The molecule has 30 heavy (non-hydrogen) atoms. The van der Waals surface area contributed by atoms with Gasteiger partial charge in [0.05, 0.1) is 10.6 Å². The van der Waals surface area contributed by atoms with Gasteiger partial charge in [-0.2, -0.15) is 0 Å². The monoisotopic (exact) mass is 556 g/mol. The summed E-state index contributed by atoms with van der Waals surface area (Å²) in [6.45, 7) is 1.64. The van der Waals surface area contributed by atoms with Gasteiger partial charge in [0.2, 0.25) is 0 Å². The van der Waals surface area contributed by atoms with Crippen LogP contribution < -0.4 is 14.8 Å². The smallest absolute Gasteiger partial charge is 0.262 e. The van der Waals surface area contributed by atoms with E-state index in [1.165, 1.54) is 24.3 Å². The second-order valence-electron chi connectivity index (χ2n) is 6.38. The molecule has 0 radical (unpaired) electrons. The predicted octanol–water partition coefficient (Wildman–Crippen LogP) is 5.07. The van der Waals surface area contributed by atoms with E-state index in [9.17, 15) is 13.2 Å². The number of amides is 1. The highest BCUT2D eigenvalue weighted by Gasteiger charge is 2.15. The molecule has 3 aromatic carbocycles. The number of ether oxygens (including phenoxy) is 1. The van der Waals surface area contributed by atoms with Crippen molar-refractivity contribution >= 4 is 61.5 Å². The summed E-state index contributed by atoms with van der Waals surface area (Å²) < 4.78 is 34.1. The molecule has 0 aliphatic carbocycles. The van der Waals surface area contributed by atoms with Gasteiger partial charge < -0.3 is 10.1 Å². The van der Waals surface area contributed by atoms with Gasteiger partial charge in [0.25, 0.3) is 15.9 Å². The molecule has 0 aliphatic rings. The Bertz CT molecular complexity index is 1150. The van der Waals surface area contributed by atoms with Gasteiger partial charge in [-0.3, -0.25) is 9.52 Å². The van der Waals surface area contributed by atoms with Crippen molar-refractivity contribution in [3.05, 3.63) is 80.9 Å². The largest absolute Gasteiger partial charge is 0.484 e. The van der Waals surface area contributed by atoms with Gasteiger partial charge in [0.1, 0.15) is 5.75 Å². The van der Waals surface area contributed by atoms with Crippen LogP contribution >= 0.6 is 34.2 Å². The molecule has 2 N–H and O–H groups in total. The zero-order valence-electron chi connectivity index (χ0n) is 15.9. The van der Waals surface area contributed by atoms with Crippen LogP contribution in [0.1, 0.15) is 5.56 Å². The summed E-state index contributed by atoms with van der Waals surface area (Å²) in [5.74, 6) is 0.0657. The number of halogens is 2. The topological polar surface area (TPSA) is 84.5 Å². The Morgan fingerprint density at radius 3 is 2.27 bits per heavy atom. The molecular weight excluding hydrogens is 539 g/mol. The number of hydrogen-bond donors (Lipinski definition) is 2. The molecule has 0 atom stereocenters. The Morgan fingerprint density at radius 2 is 1.63 bits per heavy atom. The van der Waals surface area contributed by atoms with E-state index < -0.39 is 10.0 Å². The standard InChI is InChI=1S/C21H18ClIN2O4S/c1-14-2-5-17(12-20(14)22)25-30(27,28)19-10-8-18(9-11-19)29-13-21(26)24-16-6-3-15(23)4-7-16/h2-12,25H,13H2,1H3,(H,24,26). The third-order valence-electron chi connectivity index (χ3n) is 4.06. The summed E-state index contributed by atoms with van der Waals surface area (Å²) in [4.78, 5) is 12.1. The molecule has 0 saturated carbocycles. The lowest BCUT2D eigenvalue weighted by Gasteiger charge is -2.11. The average Bonchev–Trinajstić information content (AvgIpc) is 2.71. The number of benzene rings is 3. The van der Waals surface area contributed by atoms with Gasteiger partial charge in [-0.05, 0) is 95.7 Å². The minimum Gasteiger partial charge on any atom is -0.484 e. The SMILES string of the molecule is Cc1ccc(NS(=O)(=O)c2ccc(OCC(=O)Nc3ccc(I)cc3)cc2)cc1Cl. The molecule has 3 aromatic rings. The lowest BCUT2D eigenvalue weighted by molar-refractivity contribution is -0.118. The molecule has 3 rings (SSSR count). The van der Waals surface area contributed by atoms with Gasteiger partial charge in [-0.25, -0.2) is 8.42 Å². The van der Waals surface area contributed by atoms with E-state index >= 15 is 0 Å². The normalized spacial score (nSPS) is 11.0. The maximum atomic E-state index is 12.5. The molecule has 0 aliphatic heterocycles. The van der Waals surface area contributed by atoms with Gasteiger partial charge in [0, 0.05) is 14.3 Å². The van der Waals surface area contributed by atoms with E-state index in [0.717, 1.165) is 9.13 Å². The highest BCUT2D eigenvalue weighted by atomic mass is 127. The van der Waals surface area contributed by atoms with Crippen molar-refractivity contribution in [2.24, 2.45) is 0 Å². The van der Waals surface area contributed by atoms with Crippen LogP contribution in [0.4, 0.5) is 11.4 Å². The van der Waals surface area contributed by atoms with Gasteiger partial charge >= 0.3 is 0 Å². The summed E-state index contributed by atoms with van der Waals surface area (Å²) >= 11 is 8.22. The fourth-order valence-electron chi connectivity index (χ4n) is 2.46. The van der Waals surface area contributed by atoms with Gasteiger partial charge in [-0.15, -0.1) is 0 Å². The minimum absolute atomic E-state index is 0.0647. The number of aryl methyl sites for hydroxylation is 1. The molecule has 156 valence electrons. The Hall–Kier alpha value is -2.30. The molecular formula is C21H18ClIN2O4S. The van der Waals surface area contributed by atoms with E-state index in [4.69, 9.17) is 16.3 Å². The Kier molecular flexibility index (Phi) is 7.22. The number of rotatable bonds is 7. The van der Waals surface area contributed by atoms with Crippen LogP contribution in [0.2, 0.25) is 5.02 Å². The number of carbonyl (C=O) groups excluding carboxylic acids is 1. The van der Waals surface area contributed by atoms with Crippen LogP contribution in [0, 0.1) is 10.5 Å². The summed E-state index contributed by atoms with van der Waals surface area (Å²) in [6, 6.07) is 18.1. The Labute approximate surface area is 193 Å². The molecule has 9 heteroatoms. The van der Waals surface area contributed by atoms with Crippen molar-refractivity contribution in [2.45, 2.75) is 11.8 Å². The summed E-state index contributed by atoms with van der Waals surface area (Å²) in [6.07, 6.45) is 0. The Balaban J connectivity index is 1.58. The zero-order valence-corrected chi connectivity index (χ0v) is 19.6. The molecule has 0 heterocycles. The number of anilines is 2. The molecule has 0 saturated heterocycles. The third-order valence-corrected chi connectivity index (χ3v) is 6.58. The molecule has 0 fully saturated rings. The molecule has 0 spiro atoms. The molecule has 6 nitrogen and oxygen atoms in total. The summed E-state index contributed by atoms with van der Waals surface area (Å²) in [7, 11) is -3.78. The fourth-order valence-corrected chi connectivity index (χ4v) is 4.05. The second kappa shape index (κ2) is 9.67. The van der Waals surface area contributed by atoms with Crippen molar-refractivity contribution in [3.63, 3.8) is 0 Å². The first kappa shape index (κ1) is 22.4. The first-order valence-electron chi connectivity index (χ1n) is 8.80. The number of carbonyl (C=O) groups is 1. The van der Waals surface area contributed by atoms with Crippen LogP contribution in [-0.2, 0) is 14.8 Å². The van der Waals surface area contributed by atoms with Crippen molar-refractivity contribution < 1.29 is 17.9 Å². The van der Waals surface area contributed by atoms with Crippen LogP contribution in [0.3, 0.4) is 0 Å². The predicted molar refractivity (Wildman–Crippen MR) is 127 cm³/mol. The van der Waals surface area contributed by atoms with Crippen LogP contribution in [-0.4, -0.2) is 20.9 Å². The highest BCUT2D eigenvalue weighted by Crippen LogP contribution is 2.23. The van der Waals surface area contributed by atoms with E-state index in [1.54, 1.807) is 30.3 Å². The molecule has 0 aromatic heterocycles. The maximum absolute atomic E-state index is 12.5. The van der Waals surface area contributed by atoms with Gasteiger partial charge in [-0.1, -0.05) is 17.7 Å². The number of nitrogens with one attached hydrogen (secondary N) is 2. The van der Waals surface area contributed by atoms with E-state index in [-0.39, 0.29) is 17.4 Å². The van der Waals surface area contributed by atoms with E-state index in [1.807, 2.05) is 19.1 Å². The quantitative estimate of drug-likeness (QED) is 0.398. The lowest BCUT2D eigenvalue weighted by Crippen LogP contribution is -2.20. The van der Waals surface area contributed by atoms with E-state index in [2.05, 4.69) is 32.6 Å². The fraction of sp³-hybridized carbons (Fsp3) is 0.0952. The van der Waals surface area contributed by atoms with Crippen molar-refractivity contribution in [3.8, 4) is 5.75 Å². The first-order chi connectivity index (χ1) is 14.2. The summed E-state index contributed by atoms with van der Waals surface area (Å²) in [5.41, 5.74) is 1.90. The highest BCUT2D eigenvalue weighted by molar-refractivity contribution is 14.1. The zero-order chi connectivity index (χ0) is 21.7. The second-order valence-corrected chi connectivity index (χ2v) is 9.72. The first-order valence-corrected chi connectivity index (χ1v) is 11.7. The van der Waals surface area contributed by atoms with Crippen LogP contribution in [0.15, 0.2) is 71.6 Å². The lowest BCUT2D eigenvalue weighted by atomic mass is 10.2. The summed E-state index contributed by atoms with van der Waals surface area (Å²) in [5, 5.41) is 3.20. The maximum Gasteiger partial charge on any atom is 0.262 e. The Morgan fingerprint density at radius 1 is 1.00 bits per heavy atom. The average molecular weight is 557 g/mol. The van der Waals surface area contributed by atoms with E-state index in [0.29, 0.717) is 22.1 Å². The van der Waals surface area contributed by atoms with Crippen LogP contribution in [0.25, 0.3) is 0 Å². The molecule has 1 amide bonds. The van der Waals surface area contributed by atoms with Gasteiger partial charge in [0.15, 0.2) is 6.61 Å². The molecule has 0 unspecified atom stereocenters. The van der Waals surface area contributed by atoms with Crippen molar-refractivity contribution in [1.29, 1.82) is 0 Å². The van der Waals surface area contributed by atoms with Crippen molar-refractivity contribution in [1.82, 2.24) is 0 Å². The minimum atomic E-state index is -3.78.